The molecule has 0 bridgehead atoms. The maximum atomic E-state index is 10.1. The molecule has 2 aliphatic heterocycles. The highest BCUT2D eigenvalue weighted by Gasteiger charge is 2.31. The van der Waals surface area contributed by atoms with Crippen LogP contribution in [-0.2, 0) is 4.74 Å². The molecule has 0 aromatic heterocycles. The van der Waals surface area contributed by atoms with Gasteiger partial charge in [-0.2, -0.15) is 0 Å². The molecule has 2 heterocycles. The molecule has 0 spiro atoms. The molecule has 22 heavy (non-hydrogen) atoms. The fourth-order valence-electron chi connectivity index (χ4n) is 3.93. The van der Waals surface area contributed by atoms with Crippen LogP contribution in [0.1, 0.15) is 35.6 Å². The number of rotatable bonds is 3. The molecule has 0 amide bonds. The van der Waals surface area contributed by atoms with E-state index < -0.39 is 0 Å². The molecule has 1 aromatic carbocycles. The maximum absolute atomic E-state index is 10.1. The third-order valence-corrected chi connectivity index (χ3v) is 5.11. The van der Waals surface area contributed by atoms with E-state index in [0.717, 1.165) is 63.4 Å². The van der Waals surface area contributed by atoms with Gasteiger partial charge in [-0.3, -0.25) is 4.90 Å². The van der Waals surface area contributed by atoms with E-state index in [2.05, 4.69) is 22.3 Å². The van der Waals surface area contributed by atoms with Crippen LogP contribution in [0.5, 0.6) is 5.75 Å². The van der Waals surface area contributed by atoms with Crippen molar-refractivity contribution in [1.29, 1.82) is 0 Å². The lowest BCUT2D eigenvalue weighted by Gasteiger charge is -2.41. The second-order valence-corrected chi connectivity index (χ2v) is 6.68. The van der Waals surface area contributed by atoms with E-state index in [1.807, 2.05) is 13.8 Å². The number of phenols is 1. The molecule has 4 nitrogen and oxygen atoms in total. The Kier molecular flexibility index (Phi) is 5.01. The summed E-state index contributed by atoms with van der Waals surface area (Å²) in [5, 5.41) is 13.5. The molecule has 122 valence electrons. The van der Waals surface area contributed by atoms with E-state index >= 15 is 0 Å². The number of phenolic OH excluding ortho intramolecular Hbond substituents is 1. The zero-order valence-electron chi connectivity index (χ0n) is 13.8. The molecule has 0 aliphatic carbocycles. The minimum absolute atomic E-state index is 0.440. The Morgan fingerprint density at radius 2 is 1.73 bits per heavy atom. The summed E-state index contributed by atoms with van der Waals surface area (Å²) in [4.78, 5) is 2.62. The van der Waals surface area contributed by atoms with E-state index in [-0.39, 0.29) is 0 Å². The Labute approximate surface area is 133 Å². The molecule has 2 saturated heterocycles. The third-order valence-electron chi connectivity index (χ3n) is 5.11. The van der Waals surface area contributed by atoms with Crippen molar-refractivity contribution < 1.29 is 9.84 Å². The second kappa shape index (κ2) is 6.99. The first-order valence-corrected chi connectivity index (χ1v) is 8.49. The van der Waals surface area contributed by atoms with Crippen molar-refractivity contribution in [3.8, 4) is 5.75 Å². The van der Waals surface area contributed by atoms with Crippen molar-refractivity contribution in [2.24, 2.45) is 5.92 Å². The van der Waals surface area contributed by atoms with Gasteiger partial charge in [0.2, 0.25) is 0 Å². The first-order valence-electron chi connectivity index (χ1n) is 8.49. The van der Waals surface area contributed by atoms with Crippen molar-refractivity contribution in [2.45, 2.75) is 32.7 Å². The van der Waals surface area contributed by atoms with Gasteiger partial charge in [-0.15, -0.1) is 0 Å². The van der Waals surface area contributed by atoms with Gasteiger partial charge in [0.25, 0.3) is 0 Å². The maximum Gasteiger partial charge on any atom is 0.121 e. The van der Waals surface area contributed by atoms with Gasteiger partial charge in [0.1, 0.15) is 5.75 Å². The van der Waals surface area contributed by atoms with Gasteiger partial charge in [0.15, 0.2) is 0 Å². The van der Waals surface area contributed by atoms with Crippen LogP contribution in [0.4, 0.5) is 0 Å². The number of piperazine rings is 1. The number of nitrogens with zero attached hydrogens (tertiary/aromatic N) is 1. The zero-order valence-corrected chi connectivity index (χ0v) is 13.8. The predicted molar refractivity (Wildman–Crippen MR) is 88.3 cm³/mol. The van der Waals surface area contributed by atoms with E-state index in [9.17, 15) is 5.11 Å². The van der Waals surface area contributed by atoms with Gasteiger partial charge in [0, 0.05) is 45.4 Å². The summed E-state index contributed by atoms with van der Waals surface area (Å²) in [5.41, 5.74) is 3.34. The molecular weight excluding hydrogens is 276 g/mol. The zero-order chi connectivity index (χ0) is 15.5. The summed E-state index contributed by atoms with van der Waals surface area (Å²) >= 11 is 0. The van der Waals surface area contributed by atoms with Gasteiger partial charge in [-0.25, -0.2) is 0 Å². The number of aryl methyl sites for hydroxylation is 2. The van der Waals surface area contributed by atoms with Crippen molar-refractivity contribution in [3.63, 3.8) is 0 Å². The van der Waals surface area contributed by atoms with Crippen LogP contribution in [0.3, 0.4) is 0 Å². The van der Waals surface area contributed by atoms with Crippen LogP contribution in [0.2, 0.25) is 0 Å². The largest absolute Gasteiger partial charge is 0.507 e. The lowest BCUT2D eigenvalue weighted by atomic mass is 9.84. The number of ether oxygens (including phenoxy) is 1. The van der Waals surface area contributed by atoms with Crippen molar-refractivity contribution in [3.05, 3.63) is 28.8 Å². The van der Waals surface area contributed by atoms with Gasteiger partial charge >= 0.3 is 0 Å². The van der Waals surface area contributed by atoms with Gasteiger partial charge in [-0.1, -0.05) is 12.1 Å². The van der Waals surface area contributed by atoms with Crippen molar-refractivity contribution >= 4 is 0 Å². The Morgan fingerprint density at radius 1 is 1.14 bits per heavy atom. The fourth-order valence-corrected chi connectivity index (χ4v) is 3.93. The minimum atomic E-state index is 0.440. The first-order chi connectivity index (χ1) is 10.7. The summed E-state index contributed by atoms with van der Waals surface area (Å²) in [5.74, 6) is 1.09. The van der Waals surface area contributed by atoms with Gasteiger partial charge in [0.05, 0.1) is 0 Å². The molecule has 1 aromatic rings. The van der Waals surface area contributed by atoms with Crippen LogP contribution in [0.15, 0.2) is 12.1 Å². The average Bonchev–Trinajstić information content (AvgIpc) is 2.55. The van der Waals surface area contributed by atoms with Gasteiger partial charge in [-0.05, 0) is 49.3 Å². The summed E-state index contributed by atoms with van der Waals surface area (Å²) in [7, 11) is 0. The average molecular weight is 304 g/mol. The Balaban J connectivity index is 1.92. The van der Waals surface area contributed by atoms with Crippen molar-refractivity contribution in [1.82, 2.24) is 10.2 Å². The third kappa shape index (κ3) is 3.29. The number of aromatic hydroxyl groups is 1. The molecular formula is C18H28N2O2. The topological polar surface area (TPSA) is 44.7 Å². The molecule has 0 unspecified atom stereocenters. The van der Waals surface area contributed by atoms with Gasteiger partial charge < -0.3 is 15.2 Å². The summed E-state index contributed by atoms with van der Waals surface area (Å²) < 4.78 is 5.57. The molecule has 3 rings (SSSR count). The molecule has 0 radical (unpaired) electrons. The highest BCUT2D eigenvalue weighted by Crippen LogP contribution is 2.37. The van der Waals surface area contributed by atoms with E-state index in [4.69, 9.17) is 4.74 Å². The van der Waals surface area contributed by atoms with E-state index in [1.54, 1.807) is 0 Å². The fraction of sp³-hybridized carbons (Fsp3) is 0.667. The lowest BCUT2D eigenvalue weighted by molar-refractivity contribution is 0.0212. The predicted octanol–water partition coefficient (Wildman–Crippen LogP) is 2.38. The molecule has 2 fully saturated rings. The SMILES string of the molecule is Cc1cc([C@@H](C2CCOCC2)N2CCNCC2)cc(C)c1O. The molecule has 2 N–H and O–H groups in total. The second-order valence-electron chi connectivity index (χ2n) is 6.68. The van der Waals surface area contributed by atoms with Crippen molar-refractivity contribution in [2.75, 3.05) is 39.4 Å². The number of nitrogens with one attached hydrogen (secondary N) is 1. The number of benzene rings is 1. The smallest absolute Gasteiger partial charge is 0.121 e. The quantitative estimate of drug-likeness (QED) is 0.900. The minimum Gasteiger partial charge on any atom is -0.507 e. The Morgan fingerprint density at radius 3 is 2.32 bits per heavy atom. The Hall–Kier alpha value is -1.10. The van der Waals surface area contributed by atoms with E-state index in [1.165, 1.54) is 5.56 Å². The highest BCUT2D eigenvalue weighted by atomic mass is 16.5. The Bertz CT molecular complexity index is 465. The summed E-state index contributed by atoms with van der Waals surface area (Å²) in [6, 6.07) is 4.82. The number of hydrogen-bond donors (Lipinski definition) is 2. The normalized spacial score (nSPS) is 22.6. The van der Waals surface area contributed by atoms with E-state index in [0.29, 0.717) is 17.7 Å². The summed E-state index contributed by atoms with van der Waals surface area (Å²) in [6.07, 6.45) is 2.27. The standard InChI is InChI=1S/C18H28N2O2/c1-13-11-16(12-14(2)18(13)21)17(15-3-9-22-10-4-15)20-7-5-19-6-8-20/h11-12,15,17,19,21H,3-10H2,1-2H3/t17-/m1/s1. The highest BCUT2D eigenvalue weighted by molar-refractivity contribution is 5.43. The van der Waals surface area contributed by atoms with Crippen LogP contribution in [0.25, 0.3) is 0 Å². The lowest BCUT2D eigenvalue weighted by Crippen LogP contribution is -2.47. The number of hydrogen-bond acceptors (Lipinski definition) is 4. The first kappa shape index (κ1) is 15.8. The molecule has 1 atom stereocenters. The molecule has 4 heteroatoms. The van der Waals surface area contributed by atoms with Crippen LogP contribution >= 0.6 is 0 Å². The molecule has 0 saturated carbocycles. The summed E-state index contributed by atoms with van der Waals surface area (Å²) in [6.45, 7) is 10.1. The molecule has 2 aliphatic rings. The monoisotopic (exact) mass is 304 g/mol. The van der Waals surface area contributed by atoms with Crippen LogP contribution < -0.4 is 5.32 Å². The van der Waals surface area contributed by atoms with Crippen LogP contribution in [0, 0.1) is 19.8 Å². The van der Waals surface area contributed by atoms with Crippen LogP contribution in [-0.4, -0.2) is 49.4 Å².